The summed E-state index contributed by atoms with van der Waals surface area (Å²) < 4.78 is 0. The first-order chi connectivity index (χ1) is 4.91. The van der Waals surface area contributed by atoms with Crippen molar-refractivity contribution in [3.05, 3.63) is 0 Å². The van der Waals surface area contributed by atoms with Crippen LogP contribution < -0.4 is 0 Å². The van der Waals surface area contributed by atoms with Crippen LogP contribution in [0.4, 0.5) is 0 Å². The predicted molar refractivity (Wildman–Crippen MR) is 45.4 cm³/mol. The Hall–Kier alpha value is -0.880. The highest BCUT2D eigenvalue weighted by molar-refractivity contribution is 5.03. The highest BCUT2D eigenvalue weighted by Crippen LogP contribution is 1.85. The van der Waals surface area contributed by atoms with Crippen molar-refractivity contribution in [1.29, 1.82) is 0 Å². The van der Waals surface area contributed by atoms with Gasteiger partial charge in [0.05, 0.1) is 0 Å². The zero-order valence-corrected chi connectivity index (χ0v) is 6.83. The second-order valence-electron chi connectivity index (χ2n) is 2.03. The molecule has 0 N–H and O–H groups in total. The molecule has 0 aromatic rings. The molecule has 10 heavy (non-hydrogen) atoms. The average Bonchev–Trinajstić information content (AvgIpc) is 1.97. The molecule has 0 aliphatic heterocycles. The van der Waals surface area contributed by atoms with E-state index < -0.39 is 0 Å². The largest absolute Gasteiger partial charge is 0.107 e. The maximum Gasteiger partial charge on any atom is 0.0198 e. The van der Waals surface area contributed by atoms with Crippen molar-refractivity contribution in [3.8, 4) is 23.7 Å². The third-order valence-corrected chi connectivity index (χ3v) is 1.05. The minimum Gasteiger partial charge on any atom is -0.107 e. The highest BCUT2D eigenvalue weighted by Gasteiger charge is 1.72. The fourth-order valence-corrected chi connectivity index (χ4v) is 0.552. The third kappa shape index (κ3) is 7.12. The van der Waals surface area contributed by atoms with Gasteiger partial charge in [0.2, 0.25) is 0 Å². The number of rotatable bonds is 2. The zero-order valence-electron chi connectivity index (χ0n) is 6.83. The van der Waals surface area contributed by atoms with Crippen LogP contribution >= 0.6 is 0 Å². The summed E-state index contributed by atoms with van der Waals surface area (Å²) in [7, 11) is 0. The molecule has 0 unspecified atom stereocenters. The molecule has 0 spiro atoms. The maximum absolute atomic E-state index is 3.08. The van der Waals surface area contributed by atoms with Gasteiger partial charge in [-0.1, -0.05) is 6.92 Å². The Kier molecular flexibility index (Phi) is 7.41. The minimum atomic E-state index is 0.924. The van der Waals surface area contributed by atoms with Gasteiger partial charge < -0.3 is 0 Å². The smallest absolute Gasteiger partial charge is 0.0198 e. The Labute approximate surface area is 64.0 Å². The van der Waals surface area contributed by atoms with E-state index in [1.807, 2.05) is 6.92 Å². The third-order valence-electron chi connectivity index (χ3n) is 1.05. The summed E-state index contributed by atoms with van der Waals surface area (Å²) in [5, 5.41) is 0. The van der Waals surface area contributed by atoms with Gasteiger partial charge in [0.1, 0.15) is 0 Å². The maximum atomic E-state index is 3.08. The van der Waals surface area contributed by atoms with Gasteiger partial charge in [-0.25, -0.2) is 0 Å². The molecule has 0 aromatic carbocycles. The van der Waals surface area contributed by atoms with Gasteiger partial charge in [0.25, 0.3) is 0 Å². The molecule has 0 heteroatoms. The van der Waals surface area contributed by atoms with Gasteiger partial charge in [0.15, 0.2) is 0 Å². The zero-order chi connectivity index (χ0) is 7.66. The van der Waals surface area contributed by atoms with Crippen molar-refractivity contribution in [3.63, 3.8) is 0 Å². The molecule has 0 aliphatic rings. The molecule has 0 radical (unpaired) electrons. The molecule has 0 saturated heterocycles. The Morgan fingerprint density at radius 1 is 0.900 bits per heavy atom. The van der Waals surface area contributed by atoms with E-state index in [9.17, 15) is 0 Å². The van der Waals surface area contributed by atoms with E-state index in [2.05, 4.69) is 30.6 Å². The monoisotopic (exact) mass is 134 g/mol. The van der Waals surface area contributed by atoms with E-state index in [0.29, 0.717) is 0 Å². The van der Waals surface area contributed by atoms with Crippen molar-refractivity contribution >= 4 is 0 Å². The summed E-state index contributed by atoms with van der Waals surface area (Å²) in [5.41, 5.74) is 0. The highest BCUT2D eigenvalue weighted by atomic mass is 13.8. The van der Waals surface area contributed by atoms with E-state index >= 15 is 0 Å². The summed E-state index contributed by atoms with van der Waals surface area (Å²) in [6.07, 6.45) is 4.04. The van der Waals surface area contributed by atoms with Crippen molar-refractivity contribution < 1.29 is 0 Å². The van der Waals surface area contributed by atoms with E-state index in [1.165, 1.54) is 0 Å². The lowest BCUT2D eigenvalue weighted by atomic mass is 10.3. The van der Waals surface area contributed by atoms with Gasteiger partial charge in [-0.15, -0.1) is 23.7 Å². The second kappa shape index (κ2) is 8.12. The molecule has 0 aliphatic carbocycles. The molecule has 54 valence electrons. The number of hydrogen-bond donors (Lipinski definition) is 0. The van der Waals surface area contributed by atoms with Crippen LogP contribution in [0.5, 0.6) is 0 Å². The van der Waals surface area contributed by atoms with Crippen LogP contribution in [0, 0.1) is 23.7 Å². The van der Waals surface area contributed by atoms with Crippen LogP contribution in [0.2, 0.25) is 0 Å². The predicted octanol–water partition coefficient (Wildman–Crippen LogP) is 2.59. The van der Waals surface area contributed by atoms with Gasteiger partial charge in [0, 0.05) is 19.3 Å². The summed E-state index contributed by atoms with van der Waals surface area (Å²) in [4.78, 5) is 0. The van der Waals surface area contributed by atoms with Crippen molar-refractivity contribution in [2.24, 2.45) is 0 Å². The molecule has 0 bridgehead atoms. The molecule has 0 aromatic heterocycles. The molecular weight excluding hydrogens is 120 g/mol. The van der Waals surface area contributed by atoms with E-state index in [1.54, 1.807) is 0 Å². The van der Waals surface area contributed by atoms with Crippen molar-refractivity contribution in [2.45, 2.75) is 39.5 Å². The fourth-order valence-electron chi connectivity index (χ4n) is 0.552. The fraction of sp³-hybridized carbons (Fsp3) is 0.600. The molecule has 0 heterocycles. The van der Waals surface area contributed by atoms with Gasteiger partial charge in [-0.2, -0.15) is 0 Å². The molecule has 0 rings (SSSR count). The van der Waals surface area contributed by atoms with Gasteiger partial charge >= 0.3 is 0 Å². The van der Waals surface area contributed by atoms with Crippen LogP contribution in [-0.4, -0.2) is 0 Å². The Balaban J connectivity index is 3.17. The first-order valence-corrected chi connectivity index (χ1v) is 3.77. The van der Waals surface area contributed by atoms with Crippen LogP contribution in [0.1, 0.15) is 39.5 Å². The summed E-state index contributed by atoms with van der Waals surface area (Å²) in [6.45, 7) is 4.00. The van der Waals surface area contributed by atoms with Crippen LogP contribution in [0.25, 0.3) is 0 Å². The summed E-state index contributed by atoms with van der Waals surface area (Å²) >= 11 is 0. The number of hydrogen-bond acceptors (Lipinski definition) is 0. The first-order valence-electron chi connectivity index (χ1n) is 3.77. The quantitative estimate of drug-likeness (QED) is 0.402. The van der Waals surface area contributed by atoms with Crippen LogP contribution in [0.3, 0.4) is 0 Å². The molecule has 0 saturated carbocycles. The first kappa shape index (κ1) is 9.12. The lowest BCUT2D eigenvalue weighted by molar-refractivity contribution is 0.979. The Bertz CT molecular complexity index is 168. The lowest BCUT2D eigenvalue weighted by Gasteiger charge is -1.78. The van der Waals surface area contributed by atoms with Crippen LogP contribution in [-0.2, 0) is 0 Å². The summed E-state index contributed by atoms with van der Waals surface area (Å²) in [5.74, 6) is 12.0. The molecule has 0 amide bonds. The van der Waals surface area contributed by atoms with Crippen molar-refractivity contribution in [2.75, 3.05) is 0 Å². The van der Waals surface area contributed by atoms with Crippen molar-refractivity contribution in [1.82, 2.24) is 0 Å². The normalized spacial score (nSPS) is 7.00. The standard InChI is InChI=1S/C10H14/c1-3-5-7-9-10-8-6-4-2/h3,5,8,10H2,1-2H3. The molecule has 0 atom stereocenters. The average molecular weight is 134 g/mol. The topological polar surface area (TPSA) is 0 Å². The lowest BCUT2D eigenvalue weighted by Crippen LogP contribution is -1.66. The summed E-state index contributed by atoms with van der Waals surface area (Å²) in [6, 6.07) is 0. The minimum absolute atomic E-state index is 0.924. The van der Waals surface area contributed by atoms with E-state index in [0.717, 1.165) is 25.7 Å². The number of unbranched alkanes of at least 4 members (excludes halogenated alkanes) is 2. The second-order valence-corrected chi connectivity index (χ2v) is 2.03. The van der Waals surface area contributed by atoms with Crippen LogP contribution in [0.15, 0.2) is 0 Å². The molecular formula is C10H14. The molecule has 0 fully saturated rings. The Morgan fingerprint density at radius 3 is 2.10 bits per heavy atom. The molecule has 0 nitrogen and oxygen atoms in total. The van der Waals surface area contributed by atoms with Gasteiger partial charge in [-0.3, -0.25) is 0 Å². The van der Waals surface area contributed by atoms with Gasteiger partial charge in [-0.05, 0) is 13.3 Å². The Morgan fingerprint density at radius 2 is 1.50 bits per heavy atom. The SMILES string of the molecule is CC#CCCC#CCCC. The van der Waals surface area contributed by atoms with E-state index in [4.69, 9.17) is 0 Å². The van der Waals surface area contributed by atoms with E-state index in [-0.39, 0.29) is 0 Å².